The number of nitrogens with zero attached hydrogens (tertiary/aromatic N) is 1. The molecule has 70 valence electrons. The molecule has 0 unspecified atom stereocenters. The topological polar surface area (TPSA) is 55.6 Å². The number of piperidine rings is 1. The highest BCUT2D eigenvalue weighted by Crippen LogP contribution is 2.24. The molecule has 1 saturated heterocycles. The maximum absolute atomic E-state index is 10.5. The van der Waals surface area contributed by atoms with E-state index in [0.717, 1.165) is 25.9 Å². The third-order valence-electron chi connectivity index (χ3n) is 2.39. The Bertz CT molecular complexity index is 174. The molecule has 0 saturated carbocycles. The zero-order chi connectivity index (χ0) is 9.19. The largest absolute Gasteiger partial charge is 0.443 e. The summed E-state index contributed by atoms with van der Waals surface area (Å²) in [6, 6.07) is 0. The van der Waals surface area contributed by atoms with E-state index in [0.29, 0.717) is 0 Å². The fourth-order valence-electron chi connectivity index (χ4n) is 1.44. The molecule has 0 aromatic rings. The number of nitrogens with two attached hydrogens (primary N) is 1. The maximum Gasteiger partial charge on any atom is 0.405 e. The van der Waals surface area contributed by atoms with Gasteiger partial charge in [0.05, 0.1) is 0 Å². The van der Waals surface area contributed by atoms with Gasteiger partial charge in [-0.1, -0.05) is 0 Å². The van der Waals surface area contributed by atoms with Crippen molar-refractivity contribution in [1.82, 2.24) is 4.90 Å². The predicted molar refractivity (Wildman–Crippen MR) is 45.8 cm³/mol. The first-order valence-electron chi connectivity index (χ1n) is 4.19. The van der Waals surface area contributed by atoms with E-state index in [1.165, 1.54) is 0 Å². The van der Waals surface area contributed by atoms with Gasteiger partial charge in [0, 0.05) is 13.1 Å². The lowest BCUT2D eigenvalue weighted by Crippen LogP contribution is -2.44. The highest BCUT2D eigenvalue weighted by molar-refractivity contribution is 5.65. The first-order valence-corrected chi connectivity index (χ1v) is 4.19. The quantitative estimate of drug-likeness (QED) is 0.629. The molecule has 0 aliphatic carbocycles. The fourth-order valence-corrected chi connectivity index (χ4v) is 1.44. The highest BCUT2D eigenvalue weighted by atomic mass is 16.6. The van der Waals surface area contributed by atoms with Crippen LogP contribution < -0.4 is 5.73 Å². The lowest BCUT2D eigenvalue weighted by molar-refractivity contribution is -0.0133. The van der Waals surface area contributed by atoms with Crippen LogP contribution in [-0.2, 0) is 4.74 Å². The number of hydrogen-bond donors (Lipinski definition) is 1. The van der Waals surface area contributed by atoms with Crippen LogP contribution in [0.25, 0.3) is 0 Å². The molecule has 1 amide bonds. The summed E-state index contributed by atoms with van der Waals surface area (Å²) in [4.78, 5) is 12.8. The minimum absolute atomic E-state index is 0.335. The number of carbonyl (C=O) groups is 1. The van der Waals surface area contributed by atoms with Crippen molar-refractivity contribution in [3.8, 4) is 0 Å². The summed E-state index contributed by atoms with van der Waals surface area (Å²) in [5.41, 5.74) is 4.63. The van der Waals surface area contributed by atoms with Crippen LogP contribution in [0.4, 0.5) is 4.79 Å². The molecule has 0 spiro atoms. The fraction of sp³-hybridized carbons (Fsp3) is 0.875. The second-order valence-corrected chi connectivity index (χ2v) is 3.67. The van der Waals surface area contributed by atoms with Gasteiger partial charge >= 0.3 is 6.09 Å². The molecule has 1 heterocycles. The van der Waals surface area contributed by atoms with Crippen LogP contribution in [0.5, 0.6) is 0 Å². The molecule has 2 N–H and O–H groups in total. The second-order valence-electron chi connectivity index (χ2n) is 3.67. The lowest BCUT2D eigenvalue weighted by atomic mass is 9.94. The number of primary amides is 1. The normalized spacial score (nSPS) is 23.5. The molecule has 0 aromatic carbocycles. The van der Waals surface area contributed by atoms with Gasteiger partial charge in [-0.05, 0) is 26.8 Å². The number of carbonyl (C=O) groups excluding carboxylic acids is 1. The Kier molecular flexibility index (Phi) is 2.57. The van der Waals surface area contributed by atoms with E-state index < -0.39 is 6.09 Å². The van der Waals surface area contributed by atoms with Gasteiger partial charge in [0.15, 0.2) is 0 Å². The van der Waals surface area contributed by atoms with Gasteiger partial charge in [-0.25, -0.2) is 4.79 Å². The van der Waals surface area contributed by atoms with Gasteiger partial charge in [-0.2, -0.15) is 0 Å². The van der Waals surface area contributed by atoms with Crippen molar-refractivity contribution < 1.29 is 9.53 Å². The Hall–Kier alpha value is -0.770. The first-order chi connectivity index (χ1) is 5.52. The van der Waals surface area contributed by atoms with Crippen LogP contribution in [0.1, 0.15) is 19.8 Å². The highest BCUT2D eigenvalue weighted by Gasteiger charge is 2.31. The smallest absolute Gasteiger partial charge is 0.405 e. The van der Waals surface area contributed by atoms with Gasteiger partial charge in [0.1, 0.15) is 5.60 Å². The molecular formula is C8H16N2O2. The third kappa shape index (κ3) is 2.37. The molecule has 1 fully saturated rings. The maximum atomic E-state index is 10.5. The van der Waals surface area contributed by atoms with E-state index in [4.69, 9.17) is 10.5 Å². The van der Waals surface area contributed by atoms with Crippen molar-refractivity contribution in [1.29, 1.82) is 0 Å². The first kappa shape index (κ1) is 9.32. The van der Waals surface area contributed by atoms with E-state index in [2.05, 4.69) is 11.9 Å². The van der Waals surface area contributed by atoms with Crippen molar-refractivity contribution in [2.45, 2.75) is 25.4 Å². The summed E-state index contributed by atoms with van der Waals surface area (Å²) in [5, 5.41) is 0. The van der Waals surface area contributed by atoms with Crippen molar-refractivity contribution >= 4 is 6.09 Å². The molecule has 0 radical (unpaired) electrons. The van der Waals surface area contributed by atoms with Crippen LogP contribution in [0, 0.1) is 0 Å². The number of ether oxygens (including phenoxy) is 1. The monoisotopic (exact) mass is 172 g/mol. The van der Waals surface area contributed by atoms with E-state index >= 15 is 0 Å². The number of rotatable bonds is 1. The van der Waals surface area contributed by atoms with Gasteiger partial charge in [0.25, 0.3) is 0 Å². The molecule has 1 rings (SSSR count). The Balaban J connectivity index is 2.44. The zero-order valence-electron chi connectivity index (χ0n) is 7.67. The van der Waals surface area contributed by atoms with Gasteiger partial charge < -0.3 is 15.4 Å². The Morgan fingerprint density at radius 2 is 2.00 bits per heavy atom. The molecule has 0 aromatic heterocycles. The van der Waals surface area contributed by atoms with E-state index in [9.17, 15) is 4.79 Å². The summed E-state index contributed by atoms with van der Waals surface area (Å²) >= 11 is 0. The van der Waals surface area contributed by atoms with Crippen molar-refractivity contribution in [2.75, 3.05) is 20.1 Å². The summed E-state index contributed by atoms with van der Waals surface area (Å²) in [6.45, 7) is 3.86. The van der Waals surface area contributed by atoms with Gasteiger partial charge in [0.2, 0.25) is 0 Å². The summed E-state index contributed by atoms with van der Waals surface area (Å²) < 4.78 is 5.04. The number of hydrogen-bond acceptors (Lipinski definition) is 3. The molecule has 4 nitrogen and oxygen atoms in total. The Morgan fingerprint density at radius 3 is 2.42 bits per heavy atom. The van der Waals surface area contributed by atoms with Crippen LogP contribution in [0.3, 0.4) is 0 Å². The molecule has 0 atom stereocenters. The van der Waals surface area contributed by atoms with Crippen LogP contribution in [0.15, 0.2) is 0 Å². The average Bonchev–Trinajstić information content (AvgIpc) is 1.94. The van der Waals surface area contributed by atoms with Crippen LogP contribution >= 0.6 is 0 Å². The molecule has 12 heavy (non-hydrogen) atoms. The SMILES string of the molecule is CN1CCC(C)(OC(N)=O)CC1. The third-order valence-corrected chi connectivity index (χ3v) is 2.39. The standard InChI is InChI=1S/C8H16N2O2/c1-8(12-7(9)11)3-5-10(2)6-4-8/h3-6H2,1-2H3,(H2,9,11). The molecular weight excluding hydrogens is 156 g/mol. The average molecular weight is 172 g/mol. The summed E-state index contributed by atoms with van der Waals surface area (Å²) in [5.74, 6) is 0. The van der Waals surface area contributed by atoms with Crippen molar-refractivity contribution in [3.05, 3.63) is 0 Å². The molecule has 4 heteroatoms. The zero-order valence-corrected chi connectivity index (χ0v) is 7.67. The Labute approximate surface area is 72.7 Å². The second kappa shape index (κ2) is 3.31. The van der Waals surface area contributed by atoms with Crippen LogP contribution in [-0.4, -0.2) is 36.7 Å². The van der Waals surface area contributed by atoms with Gasteiger partial charge in [-0.15, -0.1) is 0 Å². The lowest BCUT2D eigenvalue weighted by Gasteiger charge is -2.36. The molecule has 0 bridgehead atoms. The molecule has 1 aliphatic rings. The van der Waals surface area contributed by atoms with Gasteiger partial charge in [-0.3, -0.25) is 0 Å². The summed E-state index contributed by atoms with van der Waals surface area (Å²) in [6.07, 6.45) is 1.07. The van der Waals surface area contributed by atoms with Crippen molar-refractivity contribution in [3.63, 3.8) is 0 Å². The van der Waals surface area contributed by atoms with Crippen LogP contribution in [0.2, 0.25) is 0 Å². The van der Waals surface area contributed by atoms with Crippen molar-refractivity contribution in [2.24, 2.45) is 5.73 Å². The number of likely N-dealkylation sites (tertiary alicyclic amines) is 1. The number of amides is 1. The molecule has 1 aliphatic heterocycles. The predicted octanol–water partition coefficient (Wildman–Crippen LogP) is 0.566. The minimum Gasteiger partial charge on any atom is -0.443 e. The minimum atomic E-state index is -0.665. The van der Waals surface area contributed by atoms with E-state index in [1.54, 1.807) is 0 Å². The van der Waals surface area contributed by atoms with E-state index in [-0.39, 0.29) is 5.60 Å². The summed E-state index contributed by atoms with van der Waals surface area (Å²) in [7, 11) is 2.06. The Morgan fingerprint density at radius 1 is 1.50 bits per heavy atom. The van der Waals surface area contributed by atoms with E-state index in [1.807, 2.05) is 6.92 Å².